The van der Waals surface area contributed by atoms with Crippen LogP contribution in [0.5, 0.6) is 0 Å². The first-order valence-electron chi connectivity index (χ1n) is 12.4. The highest BCUT2D eigenvalue weighted by molar-refractivity contribution is 7.08. The molecule has 0 N–H and O–H groups in total. The van der Waals surface area contributed by atoms with Crippen LogP contribution in [0.3, 0.4) is 0 Å². The van der Waals surface area contributed by atoms with E-state index in [1.54, 1.807) is 12.1 Å². The van der Waals surface area contributed by atoms with Crippen molar-refractivity contribution in [3.63, 3.8) is 0 Å². The van der Waals surface area contributed by atoms with E-state index < -0.39 is 52.7 Å². The summed E-state index contributed by atoms with van der Waals surface area (Å²) in [7, 11) is 1.32. The van der Waals surface area contributed by atoms with Crippen molar-refractivity contribution in [3.05, 3.63) is 52.6 Å². The molecule has 7 atom stereocenters. The number of esters is 3. The maximum atomic E-state index is 14.1. The van der Waals surface area contributed by atoms with Gasteiger partial charge in [0.15, 0.2) is 11.9 Å². The molecule has 2 aromatic rings. The minimum Gasteiger partial charge on any atom is -0.472 e. The van der Waals surface area contributed by atoms with Gasteiger partial charge in [-0.3, -0.25) is 14.4 Å². The van der Waals surface area contributed by atoms with Crippen molar-refractivity contribution in [2.45, 2.75) is 51.7 Å². The Hall–Kier alpha value is -3.20. The smallest absolute Gasteiger partial charge is 0.331 e. The van der Waals surface area contributed by atoms with Gasteiger partial charge in [-0.25, -0.2) is 4.79 Å². The molecular weight excluding hydrogens is 496 g/mol. The van der Waals surface area contributed by atoms with Crippen LogP contribution in [-0.4, -0.2) is 36.9 Å². The normalized spacial score (nSPS) is 35.4. The third-order valence-electron chi connectivity index (χ3n) is 8.72. The summed E-state index contributed by atoms with van der Waals surface area (Å²) in [5.41, 5.74) is -0.00514. The van der Waals surface area contributed by atoms with Gasteiger partial charge in [0.25, 0.3) is 0 Å². The number of hydrogen-bond donors (Lipinski definition) is 0. The Bertz CT molecular complexity index is 1210. The van der Waals surface area contributed by atoms with Crippen molar-refractivity contribution in [1.29, 1.82) is 0 Å². The molecule has 0 spiro atoms. The molecule has 0 bridgehead atoms. The molecular formula is C28H30O8S. The van der Waals surface area contributed by atoms with Gasteiger partial charge in [-0.05, 0) is 64.6 Å². The molecule has 1 saturated heterocycles. The first-order chi connectivity index (χ1) is 17.7. The molecule has 0 radical (unpaired) electrons. The third-order valence-corrected chi connectivity index (χ3v) is 9.42. The SMILES string of the molecule is COC(=O)[C@@H]1C[C@H](OC(=O)/C=C/c2ccsc2)C(=O)[C@H]2[C@@]1(C)CC[C@H]1C(=O)O[C@H](c3ccoc3)C[C@]21C. The van der Waals surface area contributed by atoms with E-state index in [9.17, 15) is 19.2 Å². The van der Waals surface area contributed by atoms with Gasteiger partial charge in [-0.2, -0.15) is 11.3 Å². The zero-order valence-electron chi connectivity index (χ0n) is 21.0. The largest absolute Gasteiger partial charge is 0.472 e. The number of rotatable bonds is 5. The molecule has 2 saturated carbocycles. The second kappa shape index (κ2) is 9.59. The topological polar surface area (TPSA) is 109 Å². The summed E-state index contributed by atoms with van der Waals surface area (Å²) in [5.74, 6) is -3.60. The molecule has 2 aromatic heterocycles. The summed E-state index contributed by atoms with van der Waals surface area (Å²) in [6.07, 6.45) is 5.68. The van der Waals surface area contributed by atoms with Gasteiger partial charge in [-0.15, -0.1) is 0 Å². The number of thiophene rings is 1. The Morgan fingerprint density at radius 1 is 1.19 bits per heavy atom. The van der Waals surface area contributed by atoms with Crippen LogP contribution in [0.4, 0.5) is 0 Å². The Balaban J connectivity index is 1.49. The second-order valence-electron chi connectivity index (χ2n) is 10.8. The van der Waals surface area contributed by atoms with Crippen molar-refractivity contribution in [2.75, 3.05) is 7.11 Å². The minimum atomic E-state index is -1.12. The summed E-state index contributed by atoms with van der Waals surface area (Å²) >= 11 is 1.50. The van der Waals surface area contributed by atoms with Crippen molar-refractivity contribution < 1.29 is 37.8 Å². The lowest BCUT2D eigenvalue weighted by Gasteiger charge is -2.60. The monoisotopic (exact) mass is 526 g/mol. The van der Waals surface area contributed by atoms with Crippen molar-refractivity contribution in [1.82, 2.24) is 0 Å². The highest BCUT2D eigenvalue weighted by Crippen LogP contribution is 2.65. The number of methoxy groups -OCH3 is 1. The van der Waals surface area contributed by atoms with E-state index in [0.29, 0.717) is 19.3 Å². The van der Waals surface area contributed by atoms with Crippen molar-refractivity contribution in [3.8, 4) is 0 Å². The molecule has 8 nitrogen and oxygen atoms in total. The summed E-state index contributed by atoms with van der Waals surface area (Å²) in [6.45, 7) is 3.86. The first kappa shape index (κ1) is 25.4. The molecule has 3 heterocycles. The minimum absolute atomic E-state index is 0.0485. The summed E-state index contributed by atoms with van der Waals surface area (Å²) in [5, 5.41) is 3.78. The van der Waals surface area contributed by atoms with E-state index in [4.69, 9.17) is 18.6 Å². The predicted molar refractivity (Wildman–Crippen MR) is 133 cm³/mol. The van der Waals surface area contributed by atoms with Crippen LogP contribution < -0.4 is 0 Å². The van der Waals surface area contributed by atoms with E-state index in [2.05, 4.69) is 0 Å². The van der Waals surface area contributed by atoms with Crippen LogP contribution in [0, 0.1) is 28.6 Å². The molecule has 196 valence electrons. The predicted octanol–water partition coefficient (Wildman–Crippen LogP) is 4.76. The molecule has 3 aliphatic rings. The highest BCUT2D eigenvalue weighted by Gasteiger charge is 2.67. The molecule has 37 heavy (non-hydrogen) atoms. The number of ether oxygens (including phenoxy) is 3. The average molecular weight is 527 g/mol. The van der Waals surface area contributed by atoms with Gasteiger partial charge < -0.3 is 18.6 Å². The van der Waals surface area contributed by atoms with Crippen LogP contribution in [0.2, 0.25) is 0 Å². The van der Waals surface area contributed by atoms with Crippen LogP contribution in [0.15, 0.2) is 45.9 Å². The van der Waals surface area contributed by atoms with Crippen LogP contribution in [0.25, 0.3) is 6.08 Å². The van der Waals surface area contributed by atoms with E-state index >= 15 is 0 Å². The molecule has 0 aromatic carbocycles. The Labute approximate surface area is 219 Å². The highest BCUT2D eigenvalue weighted by atomic mass is 32.1. The number of ketones is 1. The standard InChI is InChI=1S/C28H30O8S/c1-27-9-6-18-26(32)36-21(17-7-10-34-14-17)13-28(18,2)24(27)23(30)20(12-19(27)25(31)33-3)35-22(29)5-4-16-8-11-37-15-16/h4-5,7-8,10-11,14-15,18-21,24H,6,9,12-13H2,1-3H3/b5-4+/t18-,19-,20-,21-,24-,27-,28-/m0/s1. The van der Waals surface area contributed by atoms with Gasteiger partial charge in [0.05, 0.1) is 31.5 Å². The van der Waals surface area contributed by atoms with Gasteiger partial charge in [0, 0.05) is 24.0 Å². The van der Waals surface area contributed by atoms with Gasteiger partial charge in [0.2, 0.25) is 0 Å². The third kappa shape index (κ3) is 4.33. The lowest BCUT2D eigenvalue weighted by Crippen LogP contribution is -2.64. The number of carbonyl (C=O) groups is 4. The first-order valence-corrected chi connectivity index (χ1v) is 13.4. The van der Waals surface area contributed by atoms with Crippen molar-refractivity contribution >= 4 is 41.1 Å². The molecule has 0 amide bonds. The molecule has 1 aliphatic heterocycles. The molecule has 5 rings (SSSR count). The zero-order chi connectivity index (χ0) is 26.4. The average Bonchev–Trinajstić information content (AvgIpc) is 3.58. The molecule has 0 unspecified atom stereocenters. The van der Waals surface area contributed by atoms with E-state index in [0.717, 1.165) is 11.1 Å². The number of furan rings is 1. The fourth-order valence-corrected chi connectivity index (χ4v) is 7.61. The maximum absolute atomic E-state index is 14.1. The van der Waals surface area contributed by atoms with E-state index in [-0.39, 0.29) is 18.2 Å². The van der Waals surface area contributed by atoms with E-state index in [1.807, 2.05) is 30.7 Å². The second-order valence-corrected chi connectivity index (χ2v) is 11.5. The Kier molecular flexibility index (Phi) is 6.60. The van der Waals surface area contributed by atoms with Crippen LogP contribution in [0.1, 0.15) is 56.8 Å². The molecule has 9 heteroatoms. The lowest BCUT2D eigenvalue weighted by atomic mass is 9.43. The summed E-state index contributed by atoms with van der Waals surface area (Å²) in [4.78, 5) is 53.1. The van der Waals surface area contributed by atoms with Crippen LogP contribution >= 0.6 is 11.3 Å². The van der Waals surface area contributed by atoms with Gasteiger partial charge in [0.1, 0.15) is 6.10 Å². The lowest BCUT2D eigenvalue weighted by molar-refractivity contribution is -0.210. The molecule has 2 aliphatic carbocycles. The number of Topliss-reactive ketones (excluding diaryl/α,β-unsaturated/α-hetero) is 1. The quantitative estimate of drug-likeness (QED) is 0.312. The fraction of sp³-hybridized carbons (Fsp3) is 0.500. The van der Waals surface area contributed by atoms with Gasteiger partial charge in [-0.1, -0.05) is 13.8 Å². The number of cyclic esters (lactones) is 1. The molecule has 3 fully saturated rings. The van der Waals surface area contributed by atoms with E-state index in [1.165, 1.54) is 37.0 Å². The Morgan fingerprint density at radius 2 is 2.00 bits per heavy atom. The number of fused-ring (bicyclic) bond motifs is 3. The van der Waals surface area contributed by atoms with Crippen LogP contribution in [-0.2, 0) is 33.4 Å². The Morgan fingerprint density at radius 3 is 2.68 bits per heavy atom. The number of hydrogen-bond acceptors (Lipinski definition) is 9. The zero-order valence-corrected chi connectivity index (χ0v) is 21.8. The summed E-state index contributed by atoms with van der Waals surface area (Å²) < 4.78 is 21.8. The fourth-order valence-electron chi connectivity index (χ4n) is 6.98. The summed E-state index contributed by atoms with van der Waals surface area (Å²) in [6, 6.07) is 3.61. The maximum Gasteiger partial charge on any atom is 0.331 e. The number of carbonyl (C=O) groups excluding carboxylic acids is 4. The van der Waals surface area contributed by atoms with Crippen molar-refractivity contribution in [2.24, 2.45) is 28.6 Å². The van der Waals surface area contributed by atoms with Gasteiger partial charge >= 0.3 is 17.9 Å².